The third kappa shape index (κ3) is 8.99. The number of halogens is 1. The first-order chi connectivity index (χ1) is 22.2. The quantitative estimate of drug-likeness (QED) is 0.0989. The molecule has 1 aromatic heterocycles. The van der Waals surface area contributed by atoms with Gasteiger partial charge in [-0.05, 0) is 83.8 Å². The maximum Gasteiger partial charge on any atom is 0.272 e. The molecule has 0 saturated heterocycles. The predicted molar refractivity (Wildman–Crippen MR) is 184 cm³/mol. The van der Waals surface area contributed by atoms with Crippen LogP contribution in [0.3, 0.4) is 0 Å². The van der Waals surface area contributed by atoms with Gasteiger partial charge in [0.15, 0.2) is 5.13 Å². The third-order valence-electron chi connectivity index (χ3n) is 6.82. The second-order valence-electron chi connectivity index (χ2n) is 10.6. The van der Waals surface area contributed by atoms with Crippen molar-refractivity contribution < 1.29 is 18.8 Å². The summed E-state index contributed by atoms with van der Waals surface area (Å²) in [7, 11) is 0. The van der Waals surface area contributed by atoms with E-state index in [0.29, 0.717) is 28.0 Å². The zero-order valence-corrected chi connectivity index (χ0v) is 26.8. The van der Waals surface area contributed by atoms with E-state index in [-0.39, 0.29) is 23.2 Å². The maximum atomic E-state index is 13.4. The van der Waals surface area contributed by atoms with Crippen LogP contribution >= 0.6 is 23.1 Å². The van der Waals surface area contributed by atoms with Crippen LogP contribution < -0.4 is 16.0 Å². The van der Waals surface area contributed by atoms with Gasteiger partial charge < -0.3 is 16.0 Å². The van der Waals surface area contributed by atoms with Crippen LogP contribution in [-0.2, 0) is 9.59 Å². The topological polar surface area (TPSA) is 100 Å². The number of amides is 3. The summed E-state index contributed by atoms with van der Waals surface area (Å²) in [6.45, 7) is 4.22. The maximum absolute atomic E-state index is 13.4. The molecule has 0 spiro atoms. The van der Waals surface area contributed by atoms with E-state index in [4.69, 9.17) is 0 Å². The molecule has 0 aliphatic heterocycles. The summed E-state index contributed by atoms with van der Waals surface area (Å²) >= 11 is 2.63. The molecule has 10 heteroatoms. The highest BCUT2D eigenvalue weighted by atomic mass is 32.2. The van der Waals surface area contributed by atoms with Crippen molar-refractivity contribution in [3.63, 3.8) is 0 Å². The molecule has 0 fully saturated rings. The molecule has 232 valence electrons. The van der Waals surface area contributed by atoms with Gasteiger partial charge in [-0.15, -0.1) is 23.1 Å². The van der Waals surface area contributed by atoms with E-state index < -0.39 is 11.8 Å². The summed E-state index contributed by atoms with van der Waals surface area (Å²) in [4.78, 5) is 44.1. The highest BCUT2D eigenvalue weighted by molar-refractivity contribution is 8.00. The van der Waals surface area contributed by atoms with Crippen molar-refractivity contribution in [3.8, 4) is 11.3 Å². The van der Waals surface area contributed by atoms with Gasteiger partial charge in [0.1, 0.15) is 11.5 Å². The van der Waals surface area contributed by atoms with Crippen molar-refractivity contribution in [2.45, 2.75) is 24.7 Å². The summed E-state index contributed by atoms with van der Waals surface area (Å²) in [5, 5.41) is 10.7. The number of carbonyl (C=O) groups is 3. The minimum Gasteiger partial charge on any atom is -0.321 e. The summed E-state index contributed by atoms with van der Waals surface area (Å²) in [5.41, 5.74) is 4.44. The Kier molecular flexibility index (Phi) is 10.7. The minimum atomic E-state index is -0.472. The third-order valence-corrected chi connectivity index (χ3v) is 8.59. The minimum absolute atomic E-state index is 0.103. The average molecular weight is 651 g/mol. The van der Waals surface area contributed by atoms with Crippen LogP contribution in [0.2, 0.25) is 0 Å². The molecular formula is C36H31FN4O3S2. The fourth-order valence-corrected chi connectivity index (χ4v) is 5.74. The Morgan fingerprint density at radius 3 is 2.24 bits per heavy atom. The monoisotopic (exact) mass is 650 g/mol. The van der Waals surface area contributed by atoms with Crippen molar-refractivity contribution in [1.29, 1.82) is 0 Å². The molecule has 5 rings (SSSR count). The Bertz CT molecular complexity index is 1840. The molecule has 0 aliphatic rings. The van der Waals surface area contributed by atoms with Crippen molar-refractivity contribution in [1.82, 2.24) is 10.3 Å². The Hall–Kier alpha value is -5.06. The van der Waals surface area contributed by atoms with E-state index in [9.17, 15) is 18.8 Å². The second-order valence-corrected chi connectivity index (χ2v) is 12.5. The highest BCUT2D eigenvalue weighted by Crippen LogP contribution is 2.26. The molecule has 0 bridgehead atoms. The number of aromatic nitrogens is 1. The van der Waals surface area contributed by atoms with Crippen molar-refractivity contribution in [2.75, 3.05) is 16.4 Å². The summed E-state index contributed by atoms with van der Waals surface area (Å²) in [5.74, 6) is -0.875. The van der Waals surface area contributed by atoms with Gasteiger partial charge in [-0.1, -0.05) is 56.3 Å². The first kappa shape index (κ1) is 32.3. The summed E-state index contributed by atoms with van der Waals surface area (Å²) in [6, 6.07) is 29.6. The lowest BCUT2D eigenvalue weighted by molar-refractivity contribution is -0.114. The predicted octanol–water partition coefficient (Wildman–Crippen LogP) is 8.21. The van der Waals surface area contributed by atoms with Crippen LogP contribution in [0.4, 0.5) is 15.2 Å². The average Bonchev–Trinajstić information content (AvgIpc) is 3.53. The fraction of sp³-hybridized carbons (Fsp3) is 0.111. The Balaban J connectivity index is 1.19. The molecule has 1 heterocycles. The number of hydrogen-bond acceptors (Lipinski definition) is 6. The van der Waals surface area contributed by atoms with Crippen LogP contribution in [0.5, 0.6) is 0 Å². The Morgan fingerprint density at radius 1 is 0.870 bits per heavy atom. The molecule has 0 unspecified atom stereocenters. The molecule has 46 heavy (non-hydrogen) atoms. The van der Waals surface area contributed by atoms with Gasteiger partial charge in [-0.3, -0.25) is 14.4 Å². The SMILES string of the molecule is CC(C)c1ccc(/C=C(\NC(=O)c2ccccc2)C(=O)Nc2ccc(SCC(=O)Nc3nc(-c4ccc(F)cc4)cs3)cc2)cc1. The molecular weight excluding hydrogens is 620 g/mol. The highest BCUT2D eigenvalue weighted by Gasteiger charge is 2.16. The van der Waals surface area contributed by atoms with Gasteiger partial charge in [0.25, 0.3) is 11.8 Å². The van der Waals surface area contributed by atoms with Gasteiger partial charge >= 0.3 is 0 Å². The van der Waals surface area contributed by atoms with E-state index in [2.05, 4.69) is 34.8 Å². The molecule has 0 aliphatic carbocycles. The van der Waals surface area contributed by atoms with E-state index >= 15 is 0 Å². The lowest BCUT2D eigenvalue weighted by Crippen LogP contribution is -2.30. The van der Waals surface area contributed by atoms with E-state index in [1.165, 1.54) is 40.8 Å². The number of benzene rings is 4. The number of carbonyl (C=O) groups excluding carboxylic acids is 3. The molecule has 3 amide bonds. The molecule has 5 aromatic rings. The van der Waals surface area contributed by atoms with E-state index in [1.807, 2.05) is 30.3 Å². The number of nitrogens with one attached hydrogen (secondary N) is 3. The number of thiazole rings is 1. The van der Waals surface area contributed by atoms with Crippen LogP contribution in [0.25, 0.3) is 17.3 Å². The van der Waals surface area contributed by atoms with Gasteiger partial charge in [0.05, 0.1) is 11.4 Å². The number of hydrogen-bond donors (Lipinski definition) is 3. The lowest BCUT2D eigenvalue weighted by atomic mass is 10.0. The molecule has 0 radical (unpaired) electrons. The molecule has 3 N–H and O–H groups in total. The smallest absolute Gasteiger partial charge is 0.272 e. The lowest BCUT2D eigenvalue weighted by Gasteiger charge is -2.12. The first-order valence-electron chi connectivity index (χ1n) is 14.5. The van der Waals surface area contributed by atoms with Gasteiger partial charge in [-0.2, -0.15) is 0 Å². The molecule has 0 atom stereocenters. The Labute approximate surface area is 275 Å². The van der Waals surface area contributed by atoms with Crippen molar-refractivity contribution in [2.24, 2.45) is 0 Å². The molecule has 0 saturated carbocycles. The summed E-state index contributed by atoms with van der Waals surface area (Å²) < 4.78 is 13.2. The largest absolute Gasteiger partial charge is 0.321 e. The standard InChI is InChI=1S/C36H31FN4O3S2/c1-23(2)25-10-8-24(9-11-25)20-31(39-34(43)27-6-4-3-5-7-27)35(44)38-29-16-18-30(19-17-29)45-22-33(42)41-36-40-32(21-46-36)26-12-14-28(37)15-13-26/h3-21,23H,22H2,1-2H3,(H,38,44)(H,39,43)(H,40,41,42)/b31-20-. The van der Waals surface area contributed by atoms with E-state index in [1.54, 1.807) is 72.1 Å². The van der Waals surface area contributed by atoms with Crippen molar-refractivity contribution in [3.05, 3.63) is 137 Å². The van der Waals surface area contributed by atoms with Crippen LogP contribution in [0.1, 0.15) is 41.3 Å². The van der Waals surface area contributed by atoms with Gasteiger partial charge in [0, 0.05) is 27.1 Å². The fourth-order valence-electron chi connectivity index (χ4n) is 4.31. The summed E-state index contributed by atoms with van der Waals surface area (Å²) in [6.07, 6.45) is 1.65. The number of nitrogens with zero attached hydrogens (tertiary/aromatic N) is 1. The number of anilines is 2. The molecule has 7 nitrogen and oxygen atoms in total. The van der Waals surface area contributed by atoms with E-state index in [0.717, 1.165) is 16.0 Å². The molecule has 4 aromatic carbocycles. The zero-order chi connectivity index (χ0) is 32.5. The zero-order valence-electron chi connectivity index (χ0n) is 25.1. The first-order valence-corrected chi connectivity index (χ1v) is 16.3. The van der Waals surface area contributed by atoms with Crippen molar-refractivity contribution >= 4 is 57.7 Å². The van der Waals surface area contributed by atoms with Crippen LogP contribution in [0, 0.1) is 5.82 Å². The number of rotatable bonds is 11. The Morgan fingerprint density at radius 2 is 1.57 bits per heavy atom. The second kappa shape index (κ2) is 15.3. The van der Waals surface area contributed by atoms with Gasteiger partial charge in [-0.25, -0.2) is 9.37 Å². The van der Waals surface area contributed by atoms with Gasteiger partial charge in [0.2, 0.25) is 5.91 Å². The number of thioether (sulfide) groups is 1. The normalized spacial score (nSPS) is 11.3. The van der Waals surface area contributed by atoms with Crippen LogP contribution in [-0.4, -0.2) is 28.5 Å². The van der Waals surface area contributed by atoms with Crippen LogP contribution in [0.15, 0.2) is 119 Å².